The van der Waals surface area contributed by atoms with Gasteiger partial charge in [0.2, 0.25) is 0 Å². The van der Waals surface area contributed by atoms with Crippen LogP contribution in [0.4, 0.5) is 0 Å². The Morgan fingerprint density at radius 2 is 1.64 bits per heavy atom. The molecule has 1 aliphatic rings. The van der Waals surface area contributed by atoms with Crippen LogP contribution in [0.5, 0.6) is 0 Å². The first-order valence-electron chi connectivity index (χ1n) is 7.35. The Bertz CT molecular complexity index is 945. The summed E-state index contributed by atoms with van der Waals surface area (Å²) in [7, 11) is 0. The molecule has 1 unspecified atom stereocenters. The highest BCUT2D eigenvalue weighted by atomic mass is 16.2. The molecule has 1 aliphatic heterocycles. The van der Waals surface area contributed by atoms with Gasteiger partial charge in [0.1, 0.15) is 0 Å². The molecule has 2 aromatic rings. The molecular weight excluding hydrogens is 280 g/mol. The van der Waals surface area contributed by atoms with Gasteiger partial charge in [-0.3, -0.25) is 14.4 Å². The van der Waals surface area contributed by atoms with Gasteiger partial charge in [-0.1, -0.05) is 26.0 Å². The lowest BCUT2D eigenvalue weighted by molar-refractivity contribution is -0.114. The number of ketones is 1. The third kappa shape index (κ3) is 1.75. The highest BCUT2D eigenvalue weighted by molar-refractivity contribution is 6.00. The number of fused-ring (bicyclic) bond motifs is 2. The van der Waals surface area contributed by atoms with Crippen molar-refractivity contribution in [2.75, 3.05) is 0 Å². The van der Waals surface area contributed by atoms with Crippen LogP contribution in [0.1, 0.15) is 33.7 Å². The second-order valence-electron chi connectivity index (χ2n) is 6.06. The van der Waals surface area contributed by atoms with Crippen LogP contribution >= 0.6 is 0 Å². The summed E-state index contributed by atoms with van der Waals surface area (Å²) in [6.45, 7) is 7.10. The van der Waals surface area contributed by atoms with Crippen LogP contribution in [0.15, 0.2) is 39.4 Å². The van der Waals surface area contributed by atoms with Gasteiger partial charge in [-0.25, -0.2) is 9.36 Å². The lowest BCUT2D eigenvalue weighted by atomic mass is 9.93. The van der Waals surface area contributed by atoms with Crippen molar-refractivity contribution in [3.8, 4) is 0 Å². The van der Waals surface area contributed by atoms with Gasteiger partial charge in [0.05, 0.1) is 22.5 Å². The van der Waals surface area contributed by atoms with E-state index in [9.17, 15) is 14.4 Å². The molecule has 0 aliphatic carbocycles. The molecule has 114 valence electrons. The highest BCUT2D eigenvalue weighted by Crippen LogP contribution is 2.34. The highest BCUT2D eigenvalue weighted by Gasteiger charge is 2.36. The van der Waals surface area contributed by atoms with E-state index in [1.54, 1.807) is 31.2 Å². The molecule has 1 aromatic heterocycles. The maximum Gasteiger partial charge on any atom is 0.277 e. The first-order valence-corrected chi connectivity index (χ1v) is 7.35. The average molecular weight is 298 g/mol. The van der Waals surface area contributed by atoms with Gasteiger partial charge in [0.25, 0.3) is 11.1 Å². The number of aromatic nitrogens is 2. The predicted molar refractivity (Wildman–Crippen MR) is 85.9 cm³/mol. The van der Waals surface area contributed by atoms with E-state index < -0.39 is 6.04 Å². The second-order valence-corrected chi connectivity index (χ2v) is 6.06. The number of carbonyl (C=O) groups is 1. The van der Waals surface area contributed by atoms with Crippen LogP contribution in [-0.2, 0) is 4.79 Å². The first kappa shape index (κ1) is 14.5. The fourth-order valence-corrected chi connectivity index (χ4v) is 3.38. The average Bonchev–Trinajstić information content (AvgIpc) is 2.79. The zero-order valence-electron chi connectivity index (χ0n) is 13.1. The first-order chi connectivity index (χ1) is 10.4. The van der Waals surface area contributed by atoms with E-state index >= 15 is 0 Å². The molecule has 0 saturated heterocycles. The van der Waals surface area contributed by atoms with Gasteiger partial charge in [-0.2, -0.15) is 0 Å². The number of rotatable bonds is 2. The maximum absolute atomic E-state index is 12.9. The number of carbonyl (C=O) groups excluding carboxylic acids is 1. The fraction of sp³-hybridized carbons (Fsp3) is 0.353. The summed E-state index contributed by atoms with van der Waals surface area (Å²) in [5.41, 5.74) is 0.614. The number of hydrogen-bond donors (Lipinski definition) is 0. The summed E-state index contributed by atoms with van der Waals surface area (Å²) in [5.74, 6) is -0.0730. The van der Waals surface area contributed by atoms with Crippen molar-refractivity contribution in [1.82, 2.24) is 9.36 Å². The number of Topliss-reactive ketones (excluding diaryl/α,β-unsaturated/α-hetero) is 1. The summed E-state index contributed by atoms with van der Waals surface area (Å²) in [6, 6.07) is 6.39. The minimum Gasteiger partial charge on any atom is -0.295 e. The monoisotopic (exact) mass is 298 g/mol. The van der Waals surface area contributed by atoms with Crippen LogP contribution in [0.3, 0.4) is 0 Å². The van der Waals surface area contributed by atoms with E-state index in [0.717, 1.165) is 0 Å². The van der Waals surface area contributed by atoms with Crippen molar-refractivity contribution >= 4 is 22.3 Å². The summed E-state index contributed by atoms with van der Waals surface area (Å²) >= 11 is 0. The van der Waals surface area contributed by atoms with Gasteiger partial charge >= 0.3 is 0 Å². The van der Waals surface area contributed by atoms with E-state index in [1.807, 2.05) is 13.8 Å². The zero-order chi connectivity index (χ0) is 16.2. The molecule has 0 fully saturated rings. The molecule has 2 heterocycles. The number of benzene rings is 1. The van der Waals surface area contributed by atoms with Crippen molar-refractivity contribution in [2.45, 2.75) is 33.7 Å². The molecule has 0 N–H and O–H groups in total. The zero-order valence-corrected chi connectivity index (χ0v) is 13.1. The van der Waals surface area contributed by atoms with Crippen molar-refractivity contribution in [3.63, 3.8) is 0 Å². The van der Waals surface area contributed by atoms with E-state index in [1.165, 1.54) is 16.3 Å². The van der Waals surface area contributed by atoms with Gasteiger partial charge in [0, 0.05) is 5.57 Å². The topological polar surface area (TPSA) is 61.1 Å². The molecule has 0 bridgehead atoms. The smallest absolute Gasteiger partial charge is 0.277 e. The summed E-state index contributed by atoms with van der Waals surface area (Å²) in [5, 5.41) is 0.780. The van der Waals surface area contributed by atoms with Gasteiger partial charge in [0.15, 0.2) is 5.78 Å². The van der Waals surface area contributed by atoms with Gasteiger partial charge < -0.3 is 0 Å². The Balaban J connectivity index is 2.54. The van der Waals surface area contributed by atoms with E-state index in [2.05, 4.69) is 0 Å². The third-order valence-electron chi connectivity index (χ3n) is 4.28. The molecule has 0 radical (unpaired) electrons. The molecule has 0 spiro atoms. The molecule has 1 aromatic carbocycles. The van der Waals surface area contributed by atoms with Gasteiger partial charge in [-0.05, 0) is 31.9 Å². The van der Waals surface area contributed by atoms with E-state index in [0.29, 0.717) is 22.0 Å². The van der Waals surface area contributed by atoms with Crippen LogP contribution < -0.4 is 11.1 Å². The summed E-state index contributed by atoms with van der Waals surface area (Å²) in [4.78, 5) is 37.7. The summed E-state index contributed by atoms with van der Waals surface area (Å²) < 4.78 is 2.81. The van der Waals surface area contributed by atoms with Crippen molar-refractivity contribution in [1.29, 1.82) is 0 Å². The Kier molecular flexibility index (Phi) is 3.16. The Labute approximate surface area is 127 Å². The van der Waals surface area contributed by atoms with E-state index in [4.69, 9.17) is 0 Å². The SMILES string of the molecule is CC(=O)C1=C(C)n2c(=O)c3ccccc3c(=O)n2C1C(C)C. The number of allylic oxidation sites excluding steroid dienone is 2. The lowest BCUT2D eigenvalue weighted by Gasteiger charge is -2.20. The van der Waals surface area contributed by atoms with Crippen LogP contribution in [0.25, 0.3) is 16.5 Å². The molecule has 5 nitrogen and oxygen atoms in total. The molecule has 5 heteroatoms. The van der Waals surface area contributed by atoms with Crippen molar-refractivity contribution in [3.05, 3.63) is 50.5 Å². The van der Waals surface area contributed by atoms with Crippen molar-refractivity contribution < 1.29 is 4.79 Å². The molecular formula is C17H18N2O3. The second kappa shape index (κ2) is 4.80. The summed E-state index contributed by atoms with van der Waals surface area (Å²) in [6.07, 6.45) is 0. The standard InChI is InChI=1S/C17H18N2O3/c1-9(2)15-14(11(4)20)10(3)18-16(21)12-7-5-6-8-13(12)17(22)19(15)18/h5-9,15H,1-4H3. The number of hydrogen-bond acceptors (Lipinski definition) is 3. The van der Waals surface area contributed by atoms with Crippen molar-refractivity contribution in [2.24, 2.45) is 5.92 Å². The third-order valence-corrected chi connectivity index (χ3v) is 4.28. The number of nitrogens with zero attached hydrogens (tertiary/aromatic N) is 2. The lowest BCUT2D eigenvalue weighted by Crippen LogP contribution is -2.38. The Morgan fingerprint density at radius 3 is 2.14 bits per heavy atom. The maximum atomic E-state index is 12.9. The molecule has 0 amide bonds. The molecule has 3 rings (SSSR count). The van der Waals surface area contributed by atoms with Crippen LogP contribution in [0, 0.1) is 5.92 Å². The molecule has 22 heavy (non-hydrogen) atoms. The Hall–Kier alpha value is -2.43. The normalized spacial score (nSPS) is 17.4. The fourth-order valence-electron chi connectivity index (χ4n) is 3.38. The predicted octanol–water partition coefficient (Wildman–Crippen LogP) is 2.19. The van der Waals surface area contributed by atoms with E-state index in [-0.39, 0.29) is 22.8 Å². The van der Waals surface area contributed by atoms with Gasteiger partial charge in [-0.15, -0.1) is 0 Å². The Morgan fingerprint density at radius 1 is 1.09 bits per heavy atom. The largest absolute Gasteiger partial charge is 0.295 e. The molecule has 0 saturated carbocycles. The van der Waals surface area contributed by atoms with Crippen LogP contribution in [0.2, 0.25) is 0 Å². The quantitative estimate of drug-likeness (QED) is 0.854. The molecule has 1 atom stereocenters. The minimum absolute atomic E-state index is 0.0286. The van der Waals surface area contributed by atoms with Crippen LogP contribution in [-0.4, -0.2) is 15.1 Å². The minimum atomic E-state index is -0.401.